The summed E-state index contributed by atoms with van der Waals surface area (Å²) >= 11 is 5.14. The SMILES string of the molecule is C.C.C.C.C.C=C(C)C(=O)OC(C)(C)C.C=CCOC(=O)C(C)(C)Br.C=CCOC(=O)C(C)(C)CC(C)(Br)C(=O)OC(C)(C)C.C=CCOC(=O)C(C)(C)CC(C)(CC=C)C(=O)OC(C)(C)C.C=C[CH2][Sn]([CH3])([CH3])[CH3]. The quantitative estimate of drug-likeness (QED) is 0.0284. The van der Waals surface area contributed by atoms with Gasteiger partial charge in [0.05, 0.1) is 16.2 Å². The molecule has 0 aromatic heterocycles. The van der Waals surface area contributed by atoms with Crippen molar-refractivity contribution in [3.63, 3.8) is 0 Å². The summed E-state index contributed by atoms with van der Waals surface area (Å²) in [6.07, 6.45) is 9.31. The average molecular weight is 1290 g/mol. The van der Waals surface area contributed by atoms with Crippen molar-refractivity contribution >= 4 is 86.1 Å². The van der Waals surface area contributed by atoms with Gasteiger partial charge in [0.15, 0.2) is 0 Å². The second kappa shape index (κ2) is 41.2. The van der Waals surface area contributed by atoms with Crippen molar-refractivity contribution in [2.45, 2.75) is 226 Å². The van der Waals surface area contributed by atoms with Gasteiger partial charge in [-0.25, -0.2) is 4.79 Å². The van der Waals surface area contributed by atoms with Gasteiger partial charge in [-0.3, -0.25) is 24.0 Å². The average Bonchev–Trinajstić information content (AvgIpc) is 3.12. The van der Waals surface area contributed by atoms with Crippen molar-refractivity contribution in [1.29, 1.82) is 0 Å². The van der Waals surface area contributed by atoms with Crippen molar-refractivity contribution in [2.24, 2.45) is 16.2 Å². The third-order valence-corrected chi connectivity index (χ3v) is 13.3. The standard InChI is InChI=1S/C18H30O4.C15H25BrO4.C8H14O2.C7H11BrO2.C3H5.5CH4.3CH3.Sn/c1-9-11-18(8,15(20)22-16(3,4)5)13-17(6,7)14(19)21-12-10-2;1-8-9-19-11(17)14(5,6)10-15(7,16)12(18)20-13(2,3)4;1-6(2)7(9)10-8(3,4)5;1-4-5-10-6(9)7(2,3)8;1-3-2;;;;;;;;;/h9-10H,1-2,11-13H2,3-8H3;8H,1,9-10H2,2-7H3;1H2,2-5H3;4H,1,5H2,2-3H3;3H,1-2H2;5*1H4;3*1H3;. The molecule has 0 aromatic carbocycles. The number of esters is 6. The Morgan fingerprint density at radius 2 is 0.770 bits per heavy atom. The van der Waals surface area contributed by atoms with Crippen LogP contribution in [0.4, 0.5) is 0 Å². The van der Waals surface area contributed by atoms with E-state index in [0.717, 1.165) is 0 Å². The van der Waals surface area contributed by atoms with Gasteiger partial charge in [0.25, 0.3) is 0 Å². The number of hydrogen-bond donors (Lipinski definition) is 0. The first-order valence-electron chi connectivity index (χ1n) is 22.9. The van der Waals surface area contributed by atoms with E-state index in [0.29, 0.717) is 18.4 Å². The molecule has 0 amide bonds. The molecule has 15 heteroatoms. The zero-order chi connectivity index (χ0) is 56.3. The molecular weight excluding hydrogens is 1180 g/mol. The van der Waals surface area contributed by atoms with Crippen LogP contribution in [0.1, 0.15) is 181 Å². The second-order valence-corrected chi connectivity index (χ2v) is 42.4. The minimum absolute atomic E-state index is 0. The predicted octanol–water partition coefficient (Wildman–Crippen LogP) is 17.2. The molecule has 0 aliphatic rings. The molecule has 0 rings (SSSR count). The summed E-state index contributed by atoms with van der Waals surface area (Å²) in [4.78, 5) is 77.8. The first-order chi connectivity index (χ1) is 30.6. The van der Waals surface area contributed by atoms with Crippen LogP contribution in [0.3, 0.4) is 0 Å². The summed E-state index contributed by atoms with van der Waals surface area (Å²) in [5.41, 5.74) is -3.56. The Kier molecular flexibility index (Phi) is 52.0. The van der Waals surface area contributed by atoms with Crippen molar-refractivity contribution in [3.05, 3.63) is 75.4 Å². The van der Waals surface area contributed by atoms with Gasteiger partial charge < -0.3 is 28.4 Å². The summed E-state index contributed by atoms with van der Waals surface area (Å²) in [5.74, 6) is -2.04. The molecule has 0 heterocycles. The maximum absolute atomic E-state index is 12.5. The minimum atomic E-state index is -1.39. The van der Waals surface area contributed by atoms with E-state index in [9.17, 15) is 28.8 Å². The van der Waals surface area contributed by atoms with Crippen LogP contribution in [0.5, 0.6) is 0 Å². The third kappa shape index (κ3) is 52.5. The zero-order valence-electron chi connectivity index (χ0n) is 46.7. The maximum atomic E-state index is 12.5. The molecular formula is C59H114Br2O12Sn. The van der Waals surface area contributed by atoms with Gasteiger partial charge in [-0.15, -0.1) is 6.58 Å². The number of carbonyl (C=O) groups excluding carboxylic acids is 6. The van der Waals surface area contributed by atoms with Gasteiger partial charge in [0.2, 0.25) is 0 Å². The molecule has 0 saturated carbocycles. The topological polar surface area (TPSA) is 158 Å². The molecule has 0 spiro atoms. The molecule has 12 nitrogen and oxygen atoms in total. The molecule has 0 bridgehead atoms. The van der Waals surface area contributed by atoms with Gasteiger partial charge in [0, 0.05) is 5.57 Å². The Labute approximate surface area is 477 Å². The summed E-state index contributed by atoms with van der Waals surface area (Å²) < 4.78 is 30.5. The number of ether oxygens (including phenoxy) is 6. The summed E-state index contributed by atoms with van der Waals surface area (Å²) in [5, 5.41) is 0. The second-order valence-electron chi connectivity index (χ2n) is 22.8. The Bertz CT molecular complexity index is 1690. The monoisotopic (exact) mass is 1290 g/mol. The zero-order valence-corrected chi connectivity index (χ0v) is 52.8. The molecule has 0 aliphatic carbocycles. The molecule has 0 radical (unpaired) electrons. The van der Waals surface area contributed by atoms with E-state index in [2.05, 4.69) is 92.2 Å². The van der Waals surface area contributed by atoms with Crippen LogP contribution in [0, 0.1) is 16.2 Å². The van der Waals surface area contributed by atoms with Gasteiger partial charge in [-0.2, -0.15) is 0 Å². The van der Waals surface area contributed by atoms with Crippen LogP contribution in [-0.4, -0.2) is 99.5 Å². The fourth-order valence-electron chi connectivity index (χ4n) is 5.12. The third-order valence-electron chi connectivity index (χ3n) is 8.01. The van der Waals surface area contributed by atoms with Crippen molar-refractivity contribution < 1.29 is 57.2 Å². The van der Waals surface area contributed by atoms with Crippen molar-refractivity contribution in [1.82, 2.24) is 0 Å². The fourth-order valence-corrected chi connectivity index (χ4v) is 8.49. The molecule has 0 N–H and O–H groups in total. The molecule has 0 fully saturated rings. The van der Waals surface area contributed by atoms with E-state index in [1.54, 1.807) is 89.2 Å². The number of carbonyl (C=O) groups is 6. The molecule has 0 aromatic rings. The van der Waals surface area contributed by atoms with E-state index in [-0.39, 0.29) is 93.2 Å². The van der Waals surface area contributed by atoms with Crippen molar-refractivity contribution in [3.8, 4) is 0 Å². The summed E-state index contributed by atoms with van der Waals surface area (Å²) in [6, 6.07) is 0. The van der Waals surface area contributed by atoms with Crippen LogP contribution in [0.25, 0.3) is 0 Å². The van der Waals surface area contributed by atoms with E-state index in [4.69, 9.17) is 28.4 Å². The van der Waals surface area contributed by atoms with Crippen LogP contribution in [0.2, 0.25) is 19.3 Å². The molecule has 2 unspecified atom stereocenters. The van der Waals surface area contributed by atoms with Crippen LogP contribution in [-0.2, 0) is 57.2 Å². The Balaban J connectivity index is -0.0000000901. The first-order valence-corrected chi connectivity index (χ1v) is 35.0. The first kappa shape index (κ1) is 93.5. The van der Waals surface area contributed by atoms with E-state index in [1.807, 2.05) is 41.5 Å². The fraction of sp³-hybridized carbons (Fsp3) is 0.695. The Hall–Kier alpha value is -2.98. The predicted molar refractivity (Wildman–Crippen MR) is 328 cm³/mol. The Morgan fingerprint density at radius 1 is 0.459 bits per heavy atom. The van der Waals surface area contributed by atoms with E-state index in [1.165, 1.54) is 22.7 Å². The van der Waals surface area contributed by atoms with E-state index >= 15 is 0 Å². The number of hydrogen-bond acceptors (Lipinski definition) is 12. The molecule has 0 aliphatic heterocycles. The van der Waals surface area contributed by atoms with Crippen molar-refractivity contribution in [2.75, 3.05) is 19.8 Å². The number of allylic oxidation sites excluding steroid dienone is 2. The Morgan fingerprint density at radius 3 is 1.00 bits per heavy atom. The van der Waals surface area contributed by atoms with Gasteiger partial charge in [0.1, 0.15) is 45.3 Å². The molecule has 440 valence electrons. The molecule has 0 saturated heterocycles. The number of rotatable bonds is 20. The van der Waals surface area contributed by atoms with Gasteiger partial charge in [-0.05, 0) is 144 Å². The number of alkyl halides is 2. The van der Waals surface area contributed by atoms with Crippen LogP contribution >= 0.6 is 31.9 Å². The molecule has 74 heavy (non-hydrogen) atoms. The molecule has 2 atom stereocenters. The van der Waals surface area contributed by atoms with Gasteiger partial charge in [-0.1, -0.05) is 120 Å². The van der Waals surface area contributed by atoms with Crippen LogP contribution in [0.15, 0.2) is 75.4 Å². The van der Waals surface area contributed by atoms with E-state index < -0.39 is 66.0 Å². The summed E-state index contributed by atoms with van der Waals surface area (Å²) in [6.45, 7) is 53.9. The number of halogens is 2. The van der Waals surface area contributed by atoms with Gasteiger partial charge >= 0.3 is 86.1 Å². The normalized spacial score (nSPS) is 12.4. The van der Waals surface area contributed by atoms with Crippen LogP contribution < -0.4 is 0 Å². The summed E-state index contributed by atoms with van der Waals surface area (Å²) in [7, 11) is 0.